The van der Waals surface area contributed by atoms with Gasteiger partial charge in [-0.05, 0) is 33.3 Å². The van der Waals surface area contributed by atoms with E-state index < -0.39 is 5.60 Å². The largest absolute Gasteiger partial charge is 0.477 e. The second-order valence-corrected chi connectivity index (χ2v) is 6.91. The zero-order chi connectivity index (χ0) is 16.6. The third kappa shape index (κ3) is 3.98. The lowest BCUT2D eigenvalue weighted by molar-refractivity contribution is 0.0782. The number of rotatable bonds is 5. The zero-order valence-corrected chi connectivity index (χ0v) is 14.2. The minimum atomic E-state index is -0.859. The normalized spacial score (nSPS) is 20.4. The van der Waals surface area contributed by atoms with Crippen LogP contribution in [0.15, 0.2) is 24.4 Å². The van der Waals surface area contributed by atoms with Crippen LogP contribution in [-0.4, -0.2) is 26.7 Å². The van der Waals surface area contributed by atoms with Gasteiger partial charge in [0.25, 0.3) is 0 Å². The van der Waals surface area contributed by atoms with E-state index in [2.05, 4.69) is 15.0 Å². The molecule has 0 aliphatic heterocycles. The Hall–Kier alpha value is -1.72. The van der Waals surface area contributed by atoms with E-state index >= 15 is 0 Å². The maximum atomic E-state index is 9.96. The minimum absolute atomic E-state index is 0.392. The maximum absolute atomic E-state index is 9.96. The van der Waals surface area contributed by atoms with Gasteiger partial charge in [0, 0.05) is 35.4 Å². The van der Waals surface area contributed by atoms with Gasteiger partial charge in [0.2, 0.25) is 5.88 Å². The molecule has 2 heterocycles. The molecule has 6 heteroatoms. The van der Waals surface area contributed by atoms with Crippen LogP contribution in [0.25, 0.3) is 0 Å². The van der Waals surface area contributed by atoms with Crippen LogP contribution in [0.4, 0.5) is 0 Å². The van der Waals surface area contributed by atoms with E-state index in [4.69, 9.17) is 16.3 Å². The van der Waals surface area contributed by atoms with E-state index in [0.717, 1.165) is 17.7 Å². The summed E-state index contributed by atoms with van der Waals surface area (Å²) >= 11 is 5.90. The lowest BCUT2D eigenvalue weighted by atomic mass is 10.00. The molecule has 2 atom stereocenters. The smallest absolute Gasteiger partial charge is 0.218 e. The van der Waals surface area contributed by atoms with E-state index in [-0.39, 0.29) is 0 Å². The Morgan fingerprint density at radius 3 is 2.74 bits per heavy atom. The standard InChI is InChI=1S/C17H20ClN3O2/c1-10-20-15(18)7-16(21-10)23-9-11-6-13(11)14-5-4-12(8-19-14)17(2,3)22/h4-5,7-8,11,13,22H,6,9H2,1-3H3/t11-,13+/m1/s1. The Bertz CT molecular complexity index is 678. The third-order valence-electron chi connectivity index (χ3n) is 4.02. The van der Waals surface area contributed by atoms with Gasteiger partial charge in [-0.15, -0.1) is 0 Å². The Morgan fingerprint density at radius 2 is 2.13 bits per heavy atom. The number of halogens is 1. The minimum Gasteiger partial charge on any atom is -0.477 e. The molecule has 2 aromatic rings. The van der Waals surface area contributed by atoms with Gasteiger partial charge < -0.3 is 9.84 Å². The molecule has 5 nitrogen and oxygen atoms in total. The fourth-order valence-electron chi connectivity index (χ4n) is 2.55. The van der Waals surface area contributed by atoms with Crippen LogP contribution in [0.2, 0.25) is 5.15 Å². The second kappa shape index (κ2) is 6.06. The van der Waals surface area contributed by atoms with Crippen molar-refractivity contribution in [2.24, 2.45) is 5.92 Å². The maximum Gasteiger partial charge on any atom is 0.218 e. The van der Waals surface area contributed by atoms with Gasteiger partial charge in [0.05, 0.1) is 12.2 Å². The molecule has 0 spiro atoms. The Kier molecular flexibility index (Phi) is 4.25. The summed E-state index contributed by atoms with van der Waals surface area (Å²) in [5.41, 5.74) is 1.01. The van der Waals surface area contributed by atoms with Gasteiger partial charge in [0.1, 0.15) is 11.0 Å². The van der Waals surface area contributed by atoms with Crippen molar-refractivity contribution in [2.45, 2.75) is 38.7 Å². The Labute approximate surface area is 140 Å². The summed E-state index contributed by atoms with van der Waals surface area (Å²) in [6.07, 6.45) is 2.80. The highest BCUT2D eigenvalue weighted by Crippen LogP contribution is 2.46. The molecule has 0 saturated heterocycles. The SMILES string of the molecule is Cc1nc(Cl)cc(OC[C@H]2C[C@@H]2c2ccc(C(C)(C)O)cn2)n1. The van der Waals surface area contributed by atoms with E-state index in [9.17, 15) is 5.11 Å². The summed E-state index contributed by atoms with van der Waals surface area (Å²) in [7, 11) is 0. The molecule has 0 bridgehead atoms. The second-order valence-electron chi connectivity index (χ2n) is 6.52. The predicted octanol–water partition coefficient (Wildman–Crippen LogP) is 3.24. The van der Waals surface area contributed by atoms with Crippen molar-refractivity contribution in [3.8, 4) is 5.88 Å². The van der Waals surface area contributed by atoms with Gasteiger partial charge in [0.15, 0.2) is 0 Å². The summed E-state index contributed by atoms with van der Waals surface area (Å²) < 4.78 is 5.72. The highest BCUT2D eigenvalue weighted by molar-refractivity contribution is 6.29. The molecule has 0 aromatic carbocycles. The summed E-state index contributed by atoms with van der Waals surface area (Å²) in [6, 6.07) is 5.55. The topological polar surface area (TPSA) is 68.1 Å². The van der Waals surface area contributed by atoms with Gasteiger partial charge in [-0.2, -0.15) is 4.98 Å². The van der Waals surface area contributed by atoms with E-state index in [1.807, 2.05) is 12.1 Å². The van der Waals surface area contributed by atoms with Crippen LogP contribution in [-0.2, 0) is 5.60 Å². The van der Waals surface area contributed by atoms with Crippen molar-refractivity contribution in [1.82, 2.24) is 15.0 Å². The first-order chi connectivity index (χ1) is 10.8. The van der Waals surface area contributed by atoms with Gasteiger partial charge >= 0.3 is 0 Å². The van der Waals surface area contributed by atoms with Crippen LogP contribution in [0.1, 0.15) is 43.3 Å². The number of aromatic nitrogens is 3. The average Bonchev–Trinajstić information content (AvgIpc) is 3.23. The number of pyridine rings is 1. The van der Waals surface area contributed by atoms with Crippen molar-refractivity contribution in [2.75, 3.05) is 6.61 Å². The highest BCUT2D eigenvalue weighted by Gasteiger charge is 2.40. The molecule has 1 N–H and O–H groups in total. The van der Waals surface area contributed by atoms with Gasteiger partial charge in [-0.1, -0.05) is 17.7 Å². The number of hydrogen-bond donors (Lipinski definition) is 1. The van der Waals surface area contributed by atoms with Crippen LogP contribution >= 0.6 is 11.6 Å². The van der Waals surface area contributed by atoms with E-state index in [1.54, 1.807) is 33.0 Å². The molecule has 3 rings (SSSR count). The fraction of sp³-hybridized carbons (Fsp3) is 0.471. The number of ether oxygens (including phenoxy) is 1. The third-order valence-corrected chi connectivity index (χ3v) is 4.22. The van der Waals surface area contributed by atoms with Crippen molar-refractivity contribution in [3.05, 3.63) is 46.6 Å². The van der Waals surface area contributed by atoms with Gasteiger partial charge in [-0.3, -0.25) is 4.98 Å². The highest BCUT2D eigenvalue weighted by atomic mass is 35.5. The monoisotopic (exact) mass is 333 g/mol. The lowest BCUT2D eigenvalue weighted by Gasteiger charge is -2.17. The van der Waals surface area contributed by atoms with Crippen molar-refractivity contribution in [3.63, 3.8) is 0 Å². The number of hydrogen-bond acceptors (Lipinski definition) is 5. The summed E-state index contributed by atoms with van der Waals surface area (Å²) in [5.74, 6) is 1.95. The van der Waals surface area contributed by atoms with Crippen LogP contribution in [0.3, 0.4) is 0 Å². The summed E-state index contributed by atoms with van der Waals surface area (Å²) in [6.45, 7) is 5.89. The average molecular weight is 334 g/mol. The molecule has 1 aliphatic rings. The molecule has 1 fully saturated rings. The molecule has 1 saturated carbocycles. The molecule has 0 unspecified atom stereocenters. The van der Waals surface area contributed by atoms with Crippen LogP contribution in [0.5, 0.6) is 5.88 Å². The van der Waals surface area contributed by atoms with E-state index in [1.165, 1.54) is 0 Å². The fourth-order valence-corrected chi connectivity index (χ4v) is 2.77. The summed E-state index contributed by atoms with van der Waals surface area (Å²) in [4.78, 5) is 12.7. The lowest BCUT2D eigenvalue weighted by Crippen LogP contribution is -2.15. The molecule has 2 aromatic heterocycles. The first kappa shape index (κ1) is 16.1. The summed E-state index contributed by atoms with van der Waals surface area (Å²) in [5, 5.41) is 10.4. The first-order valence-electron chi connectivity index (χ1n) is 7.66. The first-order valence-corrected chi connectivity index (χ1v) is 8.03. The van der Waals surface area contributed by atoms with Crippen molar-refractivity contribution < 1.29 is 9.84 Å². The molecule has 1 aliphatic carbocycles. The molecule has 122 valence electrons. The van der Waals surface area contributed by atoms with Crippen molar-refractivity contribution in [1.29, 1.82) is 0 Å². The van der Waals surface area contributed by atoms with Crippen molar-refractivity contribution >= 4 is 11.6 Å². The Balaban J connectivity index is 1.57. The zero-order valence-electron chi connectivity index (χ0n) is 13.5. The molecular formula is C17H20ClN3O2. The molecule has 23 heavy (non-hydrogen) atoms. The van der Waals surface area contributed by atoms with Crippen LogP contribution < -0.4 is 4.74 Å². The van der Waals surface area contributed by atoms with Crippen LogP contribution in [0, 0.1) is 12.8 Å². The van der Waals surface area contributed by atoms with Gasteiger partial charge in [-0.25, -0.2) is 4.98 Å². The number of aliphatic hydroxyl groups is 1. The van der Waals surface area contributed by atoms with E-state index in [0.29, 0.717) is 35.3 Å². The Morgan fingerprint density at radius 1 is 1.35 bits per heavy atom. The predicted molar refractivity (Wildman–Crippen MR) is 87.6 cm³/mol. The molecular weight excluding hydrogens is 314 g/mol. The number of aryl methyl sites for hydroxylation is 1. The quantitative estimate of drug-likeness (QED) is 0.851. The molecule has 0 amide bonds. The molecule has 0 radical (unpaired) electrons. The number of nitrogens with zero attached hydrogens (tertiary/aromatic N) is 3.